The molecule has 4 aromatic rings. The lowest BCUT2D eigenvalue weighted by atomic mass is 10.0. The van der Waals surface area contributed by atoms with Gasteiger partial charge in [0.1, 0.15) is 6.54 Å². The zero-order valence-electron chi connectivity index (χ0n) is 19.3. The number of H-pyrrole nitrogens is 2. The molecule has 2 amide bonds. The summed E-state index contributed by atoms with van der Waals surface area (Å²) in [6, 6.07) is 9.91. The average molecular weight is 478 g/mol. The third-order valence-electron chi connectivity index (χ3n) is 5.71. The second-order valence-electron chi connectivity index (χ2n) is 8.18. The topological polar surface area (TPSA) is 149 Å². The van der Waals surface area contributed by atoms with Crippen molar-refractivity contribution in [1.29, 1.82) is 0 Å². The van der Waals surface area contributed by atoms with E-state index in [1.54, 1.807) is 28.0 Å². The number of hydrogen-bond donors (Lipinski definition) is 4. The molecule has 0 aliphatic carbocycles. The van der Waals surface area contributed by atoms with E-state index in [-0.39, 0.29) is 18.4 Å². The molecule has 182 valence electrons. The average Bonchev–Trinajstić information content (AvgIpc) is 3.58. The van der Waals surface area contributed by atoms with Crippen molar-refractivity contribution in [1.82, 2.24) is 35.2 Å². The molecule has 1 aliphatic heterocycles. The van der Waals surface area contributed by atoms with Crippen LogP contribution in [0.2, 0.25) is 0 Å². The first-order valence-electron chi connectivity index (χ1n) is 11.3. The summed E-state index contributed by atoms with van der Waals surface area (Å²) in [4.78, 5) is 39.2. The van der Waals surface area contributed by atoms with Crippen LogP contribution in [0, 0.1) is 0 Å². The number of aromatic nitrogens is 5. The molecule has 0 atom stereocenters. The normalized spacial score (nSPS) is 12.5. The van der Waals surface area contributed by atoms with E-state index in [4.69, 9.17) is 9.90 Å². The third-order valence-corrected chi connectivity index (χ3v) is 5.71. The number of para-hydroxylation sites is 1. The van der Waals surface area contributed by atoms with Crippen LogP contribution in [-0.2, 0) is 35.5 Å². The number of carboxylic acid groups (broad SMARTS) is 1. The number of amides is 2. The van der Waals surface area contributed by atoms with Crippen LogP contribution in [0.5, 0.6) is 0 Å². The summed E-state index contributed by atoms with van der Waals surface area (Å²) >= 11 is 0. The molecule has 4 heterocycles. The Kier molecular flexibility index (Phi) is 7.24. The van der Waals surface area contributed by atoms with Crippen LogP contribution in [0.4, 0.5) is 0 Å². The molecule has 0 saturated carbocycles. The Morgan fingerprint density at radius 1 is 1.20 bits per heavy atom. The summed E-state index contributed by atoms with van der Waals surface area (Å²) in [5.41, 5.74) is 4.41. The fourth-order valence-corrected chi connectivity index (χ4v) is 4.08. The molecular formula is C24H27N7O4. The molecule has 0 unspecified atom stereocenters. The Hall–Kier alpha value is -4.41. The number of nitrogens with one attached hydrogen (secondary N) is 3. The monoisotopic (exact) mass is 477 g/mol. The van der Waals surface area contributed by atoms with Crippen LogP contribution in [0.1, 0.15) is 34.2 Å². The number of rotatable bonds is 6. The minimum atomic E-state index is -0.833. The maximum absolute atomic E-state index is 12.7. The van der Waals surface area contributed by atoms with Gasteiger partial charge in [0, 0.05) is 55.1 Å². The van der Waals surface area contributed by atoms with Gasteiger partial charge in [0.25, 0.3) is 11.9 Å². The van der Waals surface area contributed by atoms with Crippen molar-refractivity contribution in [2.75, 3.05) is 13.1 Å². The quantitative estimate of drug-likeness (QED) is 0.332. The number of benzene rings is 1. The van der Waals surface area contributed by atoms with E-state index >= 15 is 0 Å². The van der Waals surface area contributed by atoms with E-state index in [9.17, 15) is 9.59 Å². The smallest absolute Gasteiger partial charge is 0.300 e. The highest BCUT2D eigenvalue weighted by Gasteiger charge is 2.27. The van der Waals surface area contributed by atoms with E-state index in [2.05, 4.69) is 31.7 Å². The van der Waals surface area contributed by atoms with Gasteiger partial charge in [-0.25, -0.2) is 0 Å². The van der Waals surface area contributed by atoms with Crippen molar-refractivity contribution in [3.63, 3.8) is 0 Å². The molecule has 1 aromatic carbocycles. The lowest BCUT2D eigenvalue weighted by Gasteiger charge is -2.26. The molecule has 4 N–H and O–H groups in total. The maximum Gasteiger partial charge on any atom is 0.300 e. The number of aliphatic carboxylic acids is 1. The summed E-state index contributed by atoms with van der Waals surface area (Å²) in [6.45, 7) is 2.79. The predicted octanol–water partition coefficient (Wildman–Crippen LogP) is 1.74. The van der Waals surface area contributed by atoms with Gasteiger partial charge in [-0.1, -0.05) is 18.2 Å². The summed E-state index contributed by atoms with van der Waals surface area (Å²) in [7, 11) is 0. The zero-order chi connectivity index (χ0) is 24.8. The van der Waals surface area contributed by atoms with Gasteiger partial charge >= 0.3 is 0 Å². The summed E-state index contributed by atoms with van der Waals surface area (Å²) in [5, 5.41) is 22.8. The van der Waals surface area contributed by atoms with E-state index < -0.39 is 5.97 Å². The van der Waals surface area contributed by atoms with Gasteiger partial charge in [-0.05, 0) is 30.5 Å². The number of carbonyl (C=O) groups excluding carboxylic acids is 2. The van der Waals surface area contributed by atoms with Gasteiger partial charge in [0.05, 0.1) is 12.2 Å². The van der Waals surface area contributed by atoms with Gasteiger partial charge in [-0.3, -0.25) is 24.2 Å². The van der Waals surface area contributed by atoms with Crippen molar-refractivity contribution in [3.8, 4) is 0 Å². The van der Waals surface area contributed by atoms with Gasteiger partial charge in [-0.2, -0.15) is 10.2 Å². The van der Waals surface area contributed by atoms with Crippen LogP contribution >= 0.6 is 0 Å². The number of hydrogen-bond acceptors (Lipinski definition) is 5. The standard InChI is InChI=1S/C22H23N7O2.C2H4O2/c30-20(14-29-10-3-8-25-29)28-11-7-17-19(13-28)26-27-21(17)22(31)23-9-6-15-12-24-18-5-2-1-4-16(15)18;1-2(3)4/h1-5,8,10,12,24H,6-7,9,11,13-14H2,(H,23,31)(H,26,27);1H3,(H,3,4). The summed E-state index contributed by atoms with van der Waals surface area (Å²) < 4.78 is 1.61. The molecular weight excluding hydrogens is 450 g/mol. The van der Waals surface area contributed by atoms with E-state index in [1.165, 1.54) is 10.9 Å². The lowest BCUT2D eigenvalue weighted by Crippen LogP contribution is -2.38. The second-order valence-corrected chi connectivity index (χ2v) is 8.18. The van der Waals surface area contributed by atoms with Crippen LogP contribution in [-0.4, -0.2) is 65.8 Å². The molecule has 1 aliphatic rings. The Labute approximate surface area is 201 Å². The molecule has 35 heavy (non-hydrogen) atoms. The first kappa shape index (κ1) is 23.7. The molecule has 5 rings (SSSR count). The predicted molar refractivity (Wildman–Crippen MR) is 128 cm³/mol. The van der Waals surface area contributed by atoms with Gasteiger partial charge in [-0.15, -0.1) is 0 Å². The Bertz CT molecular complexity index is 1320. The Morgan fingerprint density at radius 3 is 2.77 bits per heavy atom. The number of fused-ring (bicyclic) bond motifs is 2. The first-order chi connectivity index (χ1) is 16.9. The van der Waals surface area contributed by atoms with Gasteiger partial charge in [0.15, 0.2) is 5.69 Å². The molecule has 0 spiro atoms. The minimum absolute atomic E-state index is 0.00585. The largest absolute Gasteiger partial charge is 0.481 e. The maximum atomic E-state index is 12.7. The van der Waals surface area contributed by atoms with Crippen molar-refractivity contribution in [2.45, 2.75) is 32.9 Å². The van der Waals surface area contributed by atoms with E-state index in [0.717, 1.165) is 30.1 Å². The molecule has 0 fully saturated rings. The van der Waals surface area contributed by atoms with Crippen LogP contribution in [0.15, 0.2) is 48.9 Å². The fourth-order valence-electron chi connectivity index (χ4n) is 4.08. The SMILES string of the molecule is CC(=O)O.O=C(NCCc1c[nH]c2ccccc12)c1n[nH]c2c1CCN(C(=O)Cn1cccn1)C2. The molecule has 0 bridgehead atoms. The molecule has 11 nitrogen and oxygen atoms in total. The number of aromatic amines is 2. The van der Waals surface area contributed by atoms with E-state index in [1.807, 2.05) is 24.4 Å². The highest BCUT2D eigenvalue weighted by Crippen LogP contribution is 2.21. The number of carbonyl (C=O) groups is 3. The van der Waals surface area contributed by atoms with Crippen molar-refractivity contribution >= 4 is 28.7 Å². The molecule has 0 saturated heterocycles. The Morgan fingerprint density at radius 2 is 2.00 bits per heavy atom. The molecule has 3 aromatic heterocycles. The van der Waals surface area contributed by atoms with Gasteiger partial charge in [0.2, 0.25) is 5.91 Å². The van der Waals surface area contributed by atoms with Crippen LogP contribution in [0.3, 0.4) is 0 Å². The molecule has 11 heteroatoms. The highest BCUT2D eigenvalue weighted by atomic mass is 16.4. The van der Waals surface area contributed by atoms with Crippen molar-refractivity contribution < 1.29 is 19.5 Å². The van der Waals surface area contributed by atoms with E-state index in [0.29, 0.717) is 31.7 Å². The van der Waals surface area contributed by atoms with Gasteiger partial charge < -0.3 is 20.3 Å². The van der Waals surface area contributed by atoms with Crippen molar-refractivity contribution in [2.24, 2.45) is 0 Å². The third kappa shape index (κ3) is 5.75. The first-order valence-corrected chi connectivity index (χ1v) is 11.3. The number of nitrogens with zero attached hydrogens (tertiary/aromatic N) is 4. The number of carboxylic acids is 1. The molecule has 0 radical (unpaired) electrons. The minimum Gasteiger partial charge on any atom is -0.481 e. The second kappa shape index (κ2) is 10.7. The Balaban J connectivity index is 0.000000672. The van der Waals surface area contributed by atoms with Crippen LogP contribution < -0.4 is 5.32 Å². The zero-order valence-corrected chi connectivity index (χ0v) is 19.3. The highest BCUT2D eigenvalue weighted by molar-refractivity contribution is 5.94. The van der Waals surface area contributed by atoms with Crippen LogP contribution in [0.25, 0.3) is 10.9 Å². The lowest BCUT2D eigenvalue weighted by molar-refractivity contribution is -0.134. The summed E-state index contributed by atoms with van der Waals surface area (Å²) in [6.07, 6.45) is 6.74. The fraction of sp³-hybridized carbons (Fsp3) is 0.292. The van der Waals surface area contributed by atoms with Crippen molar-refractivity contribution in [3.05, 3.63) is 71.4 Å². The summed E-state index contributed by atoms with van der Waals surface area (Å²) in [5.74, 6) is -1.03.